The van der Waals surface area contributed by atoms with Crippen LogP contribution in [0.2, 0.25) is 0 Å². The van der Waals surface area contributed by atoms with E-state index in [1.54, 1.807) is 48.7 Å². The summed E-state index contributed by atoms with van der Waals surface area (Å²) in [6.45, 7) is 5.45. The Kier molecular flexibility index (Phi) is 7.43. The Hall–Kier alpha value is -3.61. The molecule has 0 atom stereocenters. The largest absolute Gasteiger partial charge is 0.492 e. The van der Waals surface area contributed by atoms with Crippen molar-refractivity contribution >= 4 is 17.5 Å². The van der Waals surface area contributed by atoms with Gasteiger partial charge in [0.2, 0.25) is 5.91 Å². The molecule has 0 bridgehead atoms. The number of nitrogens with one attached hydrogen (secondary N) is 1. The molecule has 0 saturated heterocycles. The van der Waals surface area contributed by atoms with Crippen LogP contribution in [0.5, 0.6) is 5.75 Å². The number of amides is 2. The number of anilines is 1. The van der Waals surface area contributed by atoms with Crippen molar-refractivity contribution in [3.8, 4) is 5.75 Å². The molecule has 3 rings (SSSR count). The first-order valence-corrected chi connectivity index (χ1v) is 10.2. The molecule has 0 saturated carbocycles. The lowest BCUT2D eigenvalue weighted by Crippen LogP contribution is -2.31. The van der Waals surface area contributed by atoms with Crippen LogP contribution in [0, 0.1) is 13.8 Å². The number of benzene rings is 2. The van der Waals surface area contributed by atoms with Gasteiger partial charge in [0.15, 0.2) is 0 Å². The summed E-state index contributed by atoms with van der Waals surface area (Å²) in [5.41, 5.74) is 3.40. The molecule has 1 aromatic heterocycles. The van der Waals surface area contributed by atoms with Gasteiger partial charge in [0.1, 0.15) is 12.4 Å². The number of carbonyl (C=O) groups excluding carboxylic acids is 2. The monoisotopic (exact) mass is 420 g/mol. The number of carbonyl (C=O) groups is 2. The second-order valence-corrected chi connectivity index (χ2v) is 7.58. The third kappa shape index (κ3) is 6.70. The Morgan fingerprint density at radius 2 is 1.90 bits per heavy atom. The Balaban J connectivity index is 1.50. The van der Waals surface area contributed by atoms with Gasteiger partial charge >= 0.3 is 0 Å². The van der Waals surface area contributed by atoms with E-state index in [0.29, 0.717) is 37.4 Å². The highest BCUT2D eigenvalue weighted by Gasteiger charge is 2.13. The van der Waals surface area contributed by atoms with E-state index in [-0.39, 0.29) is 11.8 Å². The van der Waals surface area contributed by atoms with Gasteiger partial charge in [0, 0.05) is 43.7 Å². The lowest BCUT2D eigenvalue weighted by molar-refractivity contribution is -0.116. The lowest BCUT2D eigenvalue weighted by atomic mass is 10.1. The van der Waals surface area contributed by atoms with Crippen LogP contribution in [0.15, 0.2) is 61.2 Å². The van der Waals surface area contributed by atoms with Gasteiger partial charge in [-0.15, -0.1) is 0 Å². The van der Waals surface area contributed by atoms with E-state index < -0.39 is 0 Å². The number of hydrogen-bond donors (Lipinski definition) is 1. The number of aryl methyl sites for hydroxylation is 3. The van der Waals surface area contributed by atoms with Crippen molar-refractivity contribution in [1.29, 1.82) is 0 Å². The van der Waals surface area contributed by atoms with Crippen molar-refractivity contribution in [1.82, 2.24) is 14.5 Å². The summed E-state index contributed by atoms with van der Waals surface area (Å²) in [6, 6.07) is 13.0. The van der Waals surface area contributed by atoms with E-state index in [1.165, 1.54) is 0 Å². The molecular weight excluding hydrogens is 392 g/mol. The minimum atomic E-state index is -0.126. The Morgan fingerprint density at radius 3 is 2.61 bits per heavy atom. The maximum absolute atomic E-state index is 12.8. The minimum Gasteiger partial charge on any atom is -0.492 e. The van der Waals surface area contributed by atoms with Crippen LogP contribution < -0.4 is 10.1 Å². The molecule has 0 spiro atoms. The van der Waals surface area contributed by atoms with E-state index in [4.69, 9.17) is 4.74 Å². The smallest absolute Gasteiger partial charge is 0.253 e. The highest BCUT2D eigenvalue weighted by atomic mass is 16.5. The molecule has 2 aromatic carbocycles. The van der Waals surface area contributed by atoms with Gasteiger partial charge in [0.05, 0.1) is 12.9 Å². The van der Waals surface area contributed by atoms with Gasteiger partial charge in [0.25, 0.3) is 5.91 Å². The molecule has 1 N–H and O–H groups in total. The van der Waals surface area contributed by atoms with Crippen molar-refractivity contribution in [2.24, 2.45) is 0 Å². The molecular formula is C24H28N4O3. The molecule has 0 fully saturated rings. The van der Waals surface area contributed by atoms with E-state index >= 15 is 0 Å². The summed E-state index contributed by atoms with van der Waals surface area (Å²) in [7, 11) is 1.74. The van der Waals surface area contributed by atoms with E-state index in [1.807, 2.05) is 36.7 Å². The highest BCUT2D eigenvalue weighted by molar-refractivity contribution is 5.97. The summed E-state index contributed by atoms with van der Waals surface area (Å²) in [5.74, 6) is 0.561. The predicted octanol–water partition coefficient (Wildman–Crippen LogP) is 3.68. The summed E-state index contributed by atoms with van der Waals surface area (Å²) < 4.78 is 7.64. The van der Waals surface area contributed by atoms with Crippen LogP contribution in [-0.4, -0.2) is 46.5 Å². The maximum atomic E-state index is 12.8. The minimum absolute atomic E-state index is 0.117. The number of likely N-dealkylation sites (N-methyl/N-ethyl adjacent to an activating group) is 1. The molecule has 0 unspecified atom stereocenters. The molecule has 0 aliphatic heterocycles. The molecule has 0 aliphatic carbocycles. The molecule has 7 heteroatoms. The van der Waals surface area contributed by atoms with Crippen molar-refractivity contribution in [2.75, 3.05) is 25.5 Å². The molecule has 7 nitrogen and oxygen atoms in total. The Morgan fingerprint density at radius 1 is 1.13 bits per heavy atom. The van der Waals surface area contributed by atoms with Crippen LogP contribution in [-0.2, 0) is 11.3 Å². The zero-order chi connectivity index (χ0) is 22.2. The summed E-state index contributed by atoms with van der Waals surface area (Å²) in [6.07, 6.45) is 5.49. The Labute approximate surface area is 182 Å². The average Bonchev–Trinajstić information content (AvgIpc) is 3.25. The summed E-state index contributed by atoms with van der Waals surface area (Å²) >= 11 is 0. The number of rotatable bonds is 9. The lowest BCUT2D eigenvalue weighted by Gasteiger charge is -2.18. The average molecular weight is 421 g/mol. The van der Waals surface area contributed by atoms with Crippen LogP contribution in [0.1, 0.15) is 27.9 Å². The molecule has 3 aromatic rings. The third-order valence-corrected chi connectivity index (χ3v) is 4.79. The van der Waals surface area contributed by atoms with Crippen molar-refractivity contribution in [3.63, 3.8) is 0 Å². The van der Waals surface area contributed by atoms with Crippen molar-refractivity contribution in [2.45, 2.75) is 26.8 Å². The quantitative estimate of drug-likeness (QED) is 0.573. The molecule has 0 aliphatic rings. The highest BCUT2D eigenvalue weighted by Crippen LogP contribution is 2.16. The standard InChI is InChI=1S/C24H28N4O3/c1-18-13-19(2)15-22(14-18)31-12-11-27(3)24(30)20-5-4-6-21(16-20)26-23(29)7-9-28-10-8-25-17-28/h4-6,8,10,13-17H,7,9,11-12H2,1-3H3,(H,26,29). The van der Waals surface area contributed by atoms with E-state index in [9.17, 15) is 9.59 Å². The van der Waals surface area contributed by atoms with Crippen LogP contribution >= 0.6 is 0 Å². The van der Waals surface area contributed by atoms with E-state index in [0.717, 1.165) is 16.9 Å². The predicted molar refractivity (Wildman–Crippen MR) is 120 cm³/mol. The zero-order valence-corrected chi connectivity index (χ0v) is 18.2. The first kappa shape index (κ1) is 22.1. The molecule has 162 valence electrons. The van der Waals surface area contributed by atoms with Crippen LogP contribution in [0.3, 0.4) is 0 Å². The normalized spacial score (nSPS) is 10.5. The number of imidazole rings is 1. The summed E-state index contributed by atoms with van der Waals surface area (Å²) in [5, 5.41) is 2.85. The molecule has 31 heavy (non-hydrogen) atoms. The van der Waals surface area contributed by atoms with Gasteiger partial charge in [-0.2, -0.15) is 0 Å². The Bertz CT molecular complexity index is 1010. The van der Waals surface area contributed by atoms with Crippen molar-refractivity contribution in [3.05, 3.63) is 77.9 Å². The number of aromatic nitrogens is 2. The van der Waals surface area contributed by atoms with Gasteiger partial charge < -0.3 is 19.5 Å². The first-order chi connectivity index (χ1) is 14.9. The molecule has 1 heterocycles. The number of hydrogen-bond acceptors (Lipinski definition) is 4. The fourth-order valence-corrected chi connectivity index (χ4v) is 3.24. The summed E-state index contributed by atoms with van der Waals surface area (Å²) in [4.78, 5) is 30.5. The maximum Gasteiger partial charge on any atom is 0.253 e. The second kappa shape index (κ2) is 10.4. The molecule has 0 radical (unpaired) electrons. The van der Waals surface area contributed by atoms with Gasteiger partial charge in [-0.1, -0.05) is 12.1 Å². The second-order valence-electron chi connectivity index (χ2n) is 7.58. The fraction of sp³-hybridized carbons (Fsp3) is 0.292. The number of ether oxygens (including phenoxy) is 1. The SMILES string of the molecule is Cc1cc(C)cc(OCCN(C)C(=O)c2cccc(NC(=O)CCn3ccnc3)c2)c1. The van der Waals surface area contributed by atoms with Crippen molar-refractivity contribution < 1.29 is 14.3 Å². The van der Waals surface area contributed by atoms with Gasteiger partial charge in [-0.25, -0.2) is 4.98 Å². The fourth-order valence-electron chi connectivity index (χ4n) is 3.24. The number of nitrogens with zero attached hydrogens (tertiary/aromatic N) is 3. The zero-order valence-electron chi connectivity index (χ0n) is 18.2. The topological polar surface area (TPSA) is 76.5 Å². The van der Waals surface area contributed by atoms with Crippen LogP contribution in [0.25, 0.3) is 0 Å². The molecule has 2 amide bonds. The van der Waals surface area contributed by atoms with E-state index in [2.05, 4.69) is 16.4 Å². The van der Waals surface area contributed by atoms with Gasteiger partial charge in [-0.3, -0.25) is 9.59 Å². The van der Waals surface area contributed by atoms with Crippen LogP contribution in [0.4, 0.5) is 5.69 Å². The first-order valence-electron chi connectivity index (χ1n) is 10.2. The van der Waals surface area contributed by atoms with Gasteiger partial charge in [-0.05, 0) is 55.3 Å². The third-order valence-electron chi connectivity index (χ3n) is 4.79.